The van der Waals surface area contributed by atoms with Gasteiger partial charge in [0.25, 0.3) is 0 Å². The SMILES string of the molecule is COc1ccc(CNc2nc(SC(C)CCO)nc3c2ncn3C(C)C)cc1. The number of aliphatic hydroxyl groups is 1. The Morgan fingerprint density at radius 3 is 2.57 bits per heavy atom. The molecule has 1 atom stereocenters. The maximum Gasteiger partial charge on any atom is 0.191 e. The van der Waals surface area contributed by atoms with Crippen LogP contribution in [0.4, 0.5) is 5.82 Å². The highest BCUT2D eigenvalue weighted by atomic mass is 32.2. The van der Waals surface area contributed by atoms with E-state index in [0.29, 0.717) is 18.1 Å². The Hall–Kier alpha value is -2.32. The molecule has 0 saturated carbocycles. The van der Waals surface area contributed by atoms with Crippen LogP contribution in [0.3, 0.4) is 0 Å². The molecule has 2 heterocycles. The van der Waals surface area contributed by atoms with Crippen LogP contribution >= 0.6 is 11.8 Å². The van der Waals surface area contributed by atoms with Gasteiger partial charge in [-0.15, -0.1) is 0 Å². The van der Waals surface area contributed by atoms with Crippen LogP contribution < -0.4 is 10.1 Å². The molecular weight excluding hydrogens is 374 g/mol. The summed E-state index contributed by atoms with van der Waals surface area (Å²) in [5.41, 5.74) is 2.71. The number of hydrogen-bond donors (Lipinski definition) is 2. The number of ether oxygens (including phenoxy) is 1. The molecule has 0 spiro atoms. The molecule has 0 aliphatic rings. The van der Waals surface area contributed by atoms with E-state index in [1.807, 2.05) is 30.6 Å². The van der Waals surface area contributed by atoms with Crippen molar-refractivity contribution >= 4 is 28.7 Å². The lowest BCUT2D eigenvalue weighted by atomic mass is 10.2. The van der Waals surface area contributed by atoms with Gasteiger partial charge in [0, 0.05) is 24.4 Å². The highest BCUT2D eigenvalue weighted by Crippen LogP contribution is 2.28. The summed E-state index contributed by atoms with van der Waals surface area (Å²) in [4.78, 5) is 14.0. The van der Waals surface area contributed by atoms with Crippen molar-refractivity contribution in [3.8, 4) is 5.75 Å². The number of aromatic nitrogens is 4. The van der Waals surface area contributed by atoms with Crippen LogP contribution in [0.5, 0.6) is 5.75 Å². The summed E-state index contributed by atoms with van der Waals surface area (Å²) in [6.45, 7) is 7.06. The van der Waals surface area contributed by atoms with Crippen molar-refractivity contribution in [2.75, 3.05) is 19.0 Å². The van der Waals surface area contributed by atoms with E-state index >= 15 is 0 Å². The number of thioether (sulfide) groups is 1. The molecule has 0 bridgehead atoms. The van der Waals surface area contributed by atoms with Crippen molar-refractivity contribution in [3.05, 3.63) is 36.2 Å². The second kappa shape index (κ2) is 9.25. The predicted octanol–water partition coefficient (Wildman–Crippen LogP) is 3.89. The summed E-state index contributed by atoms with van der Waals surface area (Å²) in [5.74, 6) is 1.55. The van der Waals surface area contributed by atoms with Gasteiger partial charge in [-0.05, 0) is 38.0 Å². The van der Waals surface area contributed by atoms with Crippen molar-refractivity contribution < 1.29 is 9.84 Å². The molecule has 2 N–H and O–H groups in total. The third-order valence-corrected chi connectivity index (χ3v) is 5.45. The van der Waals surface area contributed by atoms with Gasteiger partial charge in [-0.2, -0.15) is 0 Å². The average molecular weight is 402 g/mol. The minimum absolute atomic E-state index is 0.156. The zero-order chi connectivity index (χ0) is 20.1. The molecule has 28 heavy (non-hydrogen) atoms. The van der Waals surface area contributed by atoms with Crippen molar-refractivity contribution in [1.82, 2.24) is 19.5 Å². The molecule has 0 radical (unpaired) electrons. The molecule has 0 aliphatic carbocycles. The van der Waals surface area contributed by atoms with Gasteiger partial charge in [0.1, 0.15) is 5.75 Å². The fraction of sp³-hybridized carbons (Fsp3) is 0.450. The van der Waals surface area contributed by atoms with Gasteiger partial charge >= 0.3 is 0 Å². The molecule has 8 heteroatoms. The first kappa shape index (κ1) is 20.4. The van der Waals surface area contributed by atoms with Crippen molar-refractivity contribution in [2.24, 2.45) is 0 Å². The lowest BCUT2D eigenvalue weighted by Gasteiger charge is -2.13. The maximum atomic E-state index is 9.18. The fourth-order valence-corrected chi connectivity index (χ4v) is 3.67. The van der Waals surface area contributed by atoms with E-state index in [1.54, 1.807) is 18.9 Å². The number of benzene rings is 1. The molecular formula is C20H27N5O2S. The third kappa shape index (κ3) is 4.74. The normalized spacial score (nSPS) is 12.5. The number of methoxy groups -OCH3 is 1. The highest BCUT2D eigenvalue weighted by Gasteiger charge is 2.16. The second-order valence-corrected chi connectivity index (χ2v) is 8.32. The van der Waals surface area contributed by atoms with Crippen LogP contribution in [0.15, 0.2) is 35.7 Å². The van der Waals surface area contributed by atoms with Crippen molar-refractivity contribution in [2.45, 2.75) is 50.2 Å². The number of fused-ring (bicyclic) bond motifs is 1. The number of rotatable bonds is 9. The zero-order valence-electron chi connectivity index (χ0n) is 16.7. The highest BCUT2D eigenvalue weighted by molar-refractivity contribution is 7.99. The van der Waals surface area contributed by atoms with Gasteiger partial charge in [0.15, 0.2) is 22.1 Å². The Balaban J connectivity index is 1.89. The molecule has 2 aromatic heterocycles. The van der Waals surface area contributed by atoms with E-state index in [0.717, 1.165) is 28.3 Å². The third-order valence-electron chi connectivity index (χ3n) is 4.42. The quantitative estimate of drug-likeness (QED) is 0.415. The number of nitrogens with zero attached hydrogens (tertiary/aromatic N) is 4. The number of anilines is 1. The number of imidazole rings is 1. The Morgan fingerprint density at radius 1 is 1.18 bits per heavy atom. The lowest BCUT2D eigenvalue weighted by molar-refractivity contribution is 0.289. The van der Waals surface area contributed by atoms with E-state index in [-0.39, 0.29) is 17.9 Å². The van der Waals surface area contributed by atoms with Crippen molar-refractivity contribution in [3.63, 3.8) is 0 Å². The molecule has 1 unspecified atom stereocenters. The van der Waals surface area contributed by atoms with Crippen LogP contribution in [-0.4, -0.2) is 43.6 Å². The standard InChI is InChI=1S/C20H27N5O2S/c1-13(2)25-12-22-17-18(21-11-15-5-7-16(27-4)8-6-15)23-20(24-19(17)25)28-14(3)9-10-26/h5-8,12-14,26H,9-11H2,1-4H3,(H,21,23,24). The Labute approximate surface area is 169 Å². The lowest BCUT2D eigenvalue weighted by Crippen LogP contribution is -2.07. The Kier molecular flexibility index (Phi) is 6.74. The van der Waals surface area contributed by atoms with Crippen LogP contribution in [0.1, 0.15) is 38.8 Å². The maximum absolute atomic E-state index is 9.18. The molecule has 0 amide bonds. The van der Waals surface area contributed by atoms with Crippen LogP contribution in [0, 0.1) is 0 Å². The summed E-state index contributed by atoms with van der Waals surface area (Å²) in [6.07, 6.45) is 2.51. The van der Waals surface area contributed by atoms with Gasteiger partial charge in [0.05, 0.1) is 13.4 Å². The van der Waals surface area contributed by atoms with E-state index in [2.05, 4.69) is 35.6 Å². The Bertz CT molecular complexity index is 911. The number of hydrogen-bond acceptors (Lipinski definition) is 7. The zero-order valence-corrected chi connectivity index (χ0v) is 17.5. The topological polar surface area (TPSA) is 85.1 Å². The molecule has 0 saturated heterocycles. The molecule has 3 aromatic rings. The molecule has 7 nitrogen and oxygen atoms in total. The van der Waals surface area contributed by atoms with Crippen LogP contribution in [0.2, 0.25) is 0 Å². The van der Waals surface area contributed by atoms with Gasteiger partial charge in [0.2, 0.25) is 0 Å². The first-order valence-corrected chi connectivity index (χ1v) is 10.3. The molecule has 150 valence electrons. The fourth-order valence-electron chi connectivity index (χ4n) is 2.80. The summed E-state index contributed by atoms with van der Waals surface area (Å²) < 4.78 is 7.26. The summed E-state index contributed by atoms with van der Waals surface area (Å²) in [6, 6.07) is 8.18. The molecule has 0 fully saturated rings. The van der Waals surface area contributed by atoms with Gasteiger partial charge in [-0.3, -0.25) is 0 Å². The van der Waals surface area contributed by atoms with E-state index in [1.165, 1.54) is 0 Å². The van der Waals surface area contributed by atoms with E-state index < -0.39 is 0 Å². The van der Waals surface area contributed by atoms with Crippen molar-refractivity contribution in [1.29, 1.82) is 0 Å². The Morgan fingerprint density at radius 2 is 1.93 bits per heavy atom. The van der Waals surface area contributed by atoms with Gasteiger partial charge in [-0.25, -0.2) is 15.0 Å². The van der Waals surface area contributed by atoms with E-state index in [9.17, 15) is 5.11 Å². The summed E-state index contributed by atoms with van der Waals surface area (Å²) >= 11 is 1.57. The second-order valence-electron chi connectivity index (χ2n) is 6.91. The monoisotopic (exact) mass is 401 g/mol. The van der Waals surface area contributed by atoms with Gasteiger partial charge in [-0.1, -0.05) is 30.8 Å². The van der Waals surface area contributed by atoms with Gasteiger partial charge < -0.3 is 19.7 Å². The molecule has 1 aromatic carbocycles. The first-order chi connectivity index (χ1) is 13.5. The predicted molar refractivity (Wildman–Crippen MR) is 113 cm³/mol. The molecule has 0 aliphatic heterocycles. The number of nitrogens with one attached hydrogen (secondary N) is 1. The summed E-state index contributed by atoms with van der Waals surface area (Å²) in [7, 11) is 1.66. The smallest absolute Gasteiger partial charge is 0.191 e. The minimum Gasteiger partial charge on any atom is -0.497 e. The largest absolute Gasteiger partial charge is 0.497 e. The van der Waals surface area contributed by atoms with Crippen LogP contribution in [-0.2, 0) is 6.54 Å². The average Bonchev–Trinajstić information content (AvgIpc) is 3.11. The van der Waals surface area contributed by atoms with E-state index in [4.69, 9.17) is 14.7 Å². The first-order valence-electron chi connectivity index (χ1n) is 9.40. The number of aliphatic hydroxyl groups excluding tert-OH is 1. The molecule has 3 rings (SSSR count). The minimum atomic E-state index is 0.156. The summed E-state index contributed by atoms with van der Waals surface area (Å²) in [5, 5.41) is 13.5. The van der Waals surface area contributed by atoms with Crippen LogP contribution in [0.25, 0.3) is 11.2 Å².